The lowest BCUT2D eigenvalue weighted by molar-refractivity contribution is -0.113. The lowest BCUT2D eigenvalue weighted by Gasteiger charge is -2.10. The number of hydrogen-bond donors (Lipinski definition) is 1. The number of aryl methyl sites for hydroxylation is 1. The summed E-state index contributed by atoms with van der Waals surface area (Å²) < 4.78 is 3.44. The summed E-state index contributed by atoms with van der Waals surface area (Å²) in [6.45, 7) is 6.28. The molecular formula is C21H22N8OS. The molecule has 0 radical (unpaired) electrons. The normalized spacial score (nSPS) is 11.1. The number of aromatic nitrogens is 7. The molecule has 2 aromatic heterocycles. The molecule has 0 aliphatic carbocycles. The Labute approximate surface area is 183 Å². The van der Waals surface area contributed by atoms with Gasteiger partial charge in [0.1, 0.15) is 12.7 Å². The first kappa shape index (κ1) is 20.7. The minimum Gasteiger partial charge on any atom is -0.325 e. The smallest absolute Gasteiger partial charge is 0.234 e. The zero-order chi connectivity index (χ0) is 21.8. The predicted molar refractivity (Wildman–Crippen MR) is 119 cm³/mol. The Kier molecular flexibility index (Phi) is 6.08. The van der Waals surface area contributed by atoms with Crippen LogP contribution < -0.4 is 5.32 Å². The number of hydrogen-bond acceptors (Lipinski definition) is 7. The molecule has 2 aromatic carbocycles. The molecule has 0 spiro atoms. The Morgan fingerprint density at radius 3 is 2.61 bits per heavy atom. The molecule has 9 nitrogen and oxygen atoms in total. The predicted octanol–water partition coefficient (Wildman–Crippen LogP) is 3.41. The highest BCUT2D eigenvalue weighted by atomic mass is 32.2. The van der Waals surface area contributed by atoms with E-state index >= 15 is 0 Å². The summed E-state index contributed by atoms with van der Waals surface area (Å²) in [4.78, 5) is 12.5. The largest absolute Gasteiger partial charge is 0.325 e. The molecule has 0 aliphatic heterocycles. The van der Waals surface area contributed by atoms with Crippen molar-refractivity contribution in [3.05, 3.63) is 66.2 Å². The molecule has 0 saturated heterocycles. The second-order valence-electron chi connectivity index (χ2n) is 7.32. The van der Waals surface area contributed by atoms with Gasteiger partial charge in [-0.3, -0.25) is 9.36 Å². The van der Waals surface area contributed by atoms with Crippen LogP contribution in [-0.4, -0.2) is 46.6 Å². The average molecular weight is 435 g/mol. The van der Waals surface area contributed by atoms with E-state index in [1.807, 2.05) is 41.8 Å². The summed E-state index contributed by atoms with van der Waals surface area (Å²) >= 11 is 1.33. The standard InChI is InChI=1S/C21H22N8OS/c1-14(2)16-5-8-18(9-6-16)28-12-22-25-21(28)31-11-20(30)24-17-7-4-15(3)19(10-17)29-13-23-26-27-29/h4-10,12-14H,11H2,1-3H3,(H,24,30). The van der Waals surface area contributed by atoms with Gasteiger partial charge < -0.3 is 5.32 Å². The fourth-order valence-electron chi connectivity index (χ4n) is 3.05. The van der Waals surface area contributed by atoms with E-state index in [9.17, 15) is 4.79 Å². The zero-order valence-corrected chi connectivity index (χ0v) is 18.2. The van der Waals surface area contributed by atoms with E-state index < -0.39 is 0 Å². The number of benzene rings is 2. The Bertz CT molecular complexity index is 1170. The first-order valence-corrected chi connectivity index (χ1v) is 10.8. The van der Waals surface area contributed by atoms with Crippen molar-refractivity contribution in [2.24, 2.45) is 0 Å². The van der Waals surface area contributed by atoms with E-state index in [1.54, 1.807) is 11.0 Å². The molecule has 31 heavy (non-hydrogen) atoms. The molecule has 0 unspecified atom stereocenters. The number of nitrogens with zero attached hydrogens (tertiary/aromatic N) is 7. The van der Waals surface area contributed by atoms with Crippen LogP contribution in [0.25, 0.3) is 11.4 Å². The van der Waals surface area contributed by atoms with Crippen molar-refractivity contribution in [2.45, 2.75) is 31.8 Å². The summed E-state index contributed by atoms with van der Waals surface area (Å²) in [6, 6.07) is 13.9. The van der Waals surface area contributed by atoms with Crippen LogP contribution in [0.2, 0.25) is 0 Å². The highest BCUT2D eigenvalue weighted by molar-refractivity contribution is 7.99. The molecule has 0 saturated carbocycles. The van der Waals surface area contributed by atoms with Crippen LogP contribution in [0.15, 0.2) is 60.3 Å². The van der Waals surface area contributed by atoms with Crippen LogP contribution in [-0.2, 0) is 4.79 Å². The van der Waals surface area contributed by atoms with Gasteiger partial charge in [0.05, 0.1) is 11.4 Å². The first-order chi connectivity index (χ1) is 15.0. The highest BCUT2D eigenvalue weighted by Crippen LogP contribution is 2.23. The molecule has 0 atom stereocenters. The van der Waals surface area contributed by atoms with Gasteiger partial charge in [0.15, 0.2) is 5.16 Å². The lowest BCUT2D eigenvalue weighted by atomic mass is 10.0. The SMILES string of the molecule is Cc1ccc(NC(=O)CSc2nncn2-c2ccc(C(C)C)cc2)cc1-n1cnnn1. The Morgan fingerprint density at radius 1 is 1.10 bits per heavy atom. The van der Waals surface area contributed by atoms with E-state index in [0.717, 1.165) is 16.9 Å². The topological polar surface area (TPSA) is 103 Å². The number of tetrazole rings is 1. The van der Waals surface area contributed by atoms with Crippen molar-refractivity contribution >= 4 is 23.4 Å². The van der Waals surface area contributed by atoms with Crippen LogP contribution in [0.5, 0.6) is 0 Å². The van der Waals surface area contributed by atoms with Crippen LogP contribution in [0.3, 0.4) is 0 Å². The fraction of sp³-hybridized carbons (Fsp3) is 0.238. The number of nitrogens with one attached hydrogen (secondary N) is 1. The van der Waals surface area contributed by atoms with Gasteiger partial charge in [-0.15, -0.1) is 15.3 Å². The monoisotopic (exact) mass is 434 g/mol. The molecule has 0 fully saturated rings. The van der Waals surface area contributed by atoms with Gasteiger partial charge in [-0.1, -0.05) is 43.8 Å². The molecule has 0 bridgehead atoms. The van der Waals surface area contributed by atoms with Gasteiger partial charge in [-0.25, -0.2) is 4.68 Å². The number of anilines is 1. The van der Waals surface area contributed by atoms with Gasteiger partial charge in [-0.2, -0.15) is 0 Å². The highest BCUT2D eigenvalue weighted by Gasteiger charge is 2.12. The van der Waals surface area contributed by atoms with E-state index in [2.05, 4.69) is 57.0 Å². The molecule has 1 N–H and O–H groups in total. The van der Waals surface area contributed by atoms with Crippen molar-refractivity contribution in [1.82, 2.24) is 35.0 Å². The van der Waals surface area contributed by atoms with Crippen LogP contribution in [0.1, 0.15) is 30.9 Å². The van der Waals surface area contributed by atoms with Crippen LogP contribution >= 0.6 is 11.8 Å². The minimum atomic E-state index is -0.138. The maximum atomic E-state index is 12.5. The third-order valence-corrected chi connectivity index (χ3v) is 5.72. The number of carbonyl (C=O) groups is 1. The van der Waals surface area contributed by atoms with Gasteiger partial charge in [0.2, 0.25) is 5.91 Å². The maximum Gasteiger partial charge on any atom is 0.234 e. The second-order valence-corrected chi connectivity index (χ2v) is 8.26. The van der Waals surface area contributed by atoms with Crippen molar-refractivity contribution in [2.75, 3.05) is 11.1 Å². The fourth-order valence-corrected chi connectivity index (χ4v) is 3.78. The Morgan fingerprint density at radius 2 is 1.90 bits per heavy atom. The third-order valence-electron chi connectivity index (χ3n) is 4.78. The third kappa shape index (κ3) is 4.80. The van der Waals surface area contributed by atoms with Crippen molar-refractivity contribution < 1.29 is 4.79 Å². The lowest BCUT2D eigenvalue weighted by Crippen LogP contribution is -2.15. The quantitative estimate of drug-likeness (QED) is 0.445. The molecule has 4 rings (SSSR count). The number of rotatable bonds is 7. The van der Waals surface area contributed by atoms with Gasteiger partial charge in [-0.05, 0) is 58.7 Å². The van der Waals surface area contributed by atoms with Crippen molar-refractivity contribution in [3.63, 3.8) is 0 Å². The number of thioether (sulfide) groups is 1. The summed E-state index contributed by atoms with van der Waals surface area (Å²) in [6.07, 6.45) is 3.17. The Hall–Kier alpha value is -3.53. The second kappa shape index (κ2) is 9.09. The minimum absolute atomic E-state index is 0.138. The number of carbonyl (C=O) groups excluding carboxylic acids is 1. The van der Waals surface area contributed by atoms with Crippen LogP contribution in [0, 0.1) is 6.92 Å². The van der Waals surface area contributed by atoms with Crippen molar-refractivity contribution in [3.8, 4) is 11.4 Å². The molecule has 10 heteroatoms. The average Bonchev–Trinajstić information content (AvgIpc) is 3.46. The summed E-state index contributed by atoms with van der Waals surface area (Å²) in [5.41, 5.74) is 4.70. The van der Waals surface area contributed by atoms with Gasteiger partial charge >= 0.3 is 0 Å². The summed E-state index contributed by atoms with van der Waals surface area (Å²) in [5.74, 6) is 0.536. The number of amides is 1. The van der Waals surface area contributed by atoms with E-state index in [1.165, 1.54) is 23.7 Å². The molecule has 2 heterocycles. The van der Waals surface area contributed by atoms with E-state index in [4.69, 9.17) is 0 Å². The first-order valence-electron chi connectivity index (χ1n) is 9.78. The van der Waals surface area contributed by atoms with E-state index in [-0.39, 0.29) is 11.7 Å². The summed E-state index contributed by atoms with van der Waals surface area (Å²) in [5, 5.41) is 23.0. The molecule has 1 amide bonds. The van der Waals surface area contributed by atoms with Gasteiger partial charge in [0.25, 0.3) is 0 Å². The molecule has 0 aliphatic rings. The zero-order valence-electron chi connectivity index (χ0n) is 17.4. The van der Waals surface area contributed by atoms with Crippen LogP contribution in [0.4, 0.5) is 5.69 Å². The van der Waals surface area contributed by atoms with Gasteiger partial charge in [0, 0.05) is 11.4 Å². The van der Waals surface area contributed by atoms with E-state index in [0.29, 0.717) is 16.8 Å². The maximum absolute atomic E-state index is 12.5. The van der Waals surface area contributed by atoms with Crippen molar-refractivity contribution in [1.29, 1.82) is 0 Å². The molecule has 158 valence electrons. The molecular weight excluding hydrogens is 412 g/mol. The Balaban J connectivity index is 1.41. The summed E-state index contributed by atoms with van der Waals surface area (Å²) in [7, 11) is 0. The molecule has 4 aromatic rings.